The predicted octanol–water partition coefficient (Wildman–Crippen LogP) is 1.52. The van der Waals surface area contributed by atoms with Gasteiger partial charge in [-0.1, -0.05) is 5.16 Å². The van der Waals surface area contributed by atoms with Gasteiger partial charge < -0.3 is 19.7 Å². The lowest BCUT2D eigenvalue weighted by Crippen LogP contribution is -1.97. The molecule has 1 aromatic carbocycles. The molecule has 0 aliphatic carbocycles. The molecule has 1 aromatic heterocycles. The van der Waals surface area contributed by atoms with Gasteiger partial charge in [0.1, 0.15) is 11.5 Å². The molecule has 2 aromatic rings. The highest BCUT2D eigenvalue weighted by Gasteiger charge is 2.15. The van der Waals surface area contributed by atoms with Gasteiger partial charge in [0.2, 0.25) is 11.7 Å². The molecule has 2 N–H and O–H groups in total. The Morgan fingerprint density at radius 3 is 2.50 bits per heavy atom. The van der Waals surface area contributed by atoms with Crippen molar-refractivity contribution in [3.8, 4) is 22.9 Å². The third-order valence-corrected chi connectivity index (χ3v) is 2.60. The van der Waals surface area contributed by atoms with Crippen LogP contribution in [0.25, 0.3) is 11.4 Å². The van der Waals surface area contributed by atoms with Gasteiger partial charge in [0.15, 0.2) is 0 Å². The van der Waals surface area contributed by atoms with E-state index in [2.05, 4.69) is 10.1 Å². The molecule has 0 fully saturated rings. The number of nitrogens with two attached hydrogens (primary N) is 1. The molecule has 2 rings (SSSR count). The Morgan fingerprint density at radius 2 is 1.94 bits per heavy atom. The summed E-state index contributed by atoms with van der Waals surface area (Å²) in [7, 11) is 3.19. The van der Waals surface area contributed by atoms with E-state index in [1.807, 2.05) is 13.0 Å². The molecule has 0 unspecified atom stereocenters. The maximum absolute atomic E-state index is 5.44. The van der Waals surface area contributed by atoms with Crippen LogP contribution in [0.4, 0.5) is 0 Å². The Morgan fingerprint density at radius 1 is 1.22 bits per heavy atom. The Labute approximate surface area is 105 Å². The van der Waals surface area contributed by atoms with Gasteiger partial charge in [-0.2, -0.15) is 4.98 Å². The van der Waals surface area contributed by atoms with Crippen LogP contribution >= 0.6 is 0 Å². The number of ether oxygens (including phenoxy) is 2. The Bertz CT molecular complexity index is 551. The van der Waals surface area contributed by atoms with Crippen LogP contribution in [-0.2, 0) is 6.54 Å². The zero-order valence-electron chi connectivity index (χ0n) is 10.6. The zero-order valence-corrected chi connectivity index (χ0v) is 10.6. The molecule has 96 valence electrons. The van der Waals surface area contributed by atoms with Crippen LogP contribution in [0, 0.1) is 6.92 Å². The van der Waals surface area contributed by atoms with Gasteiger partial charge in [-0.05, 0) is 18.6 Å². The topological polar surface area (TPSA) is 83.4 Å². The lowest BCUT2D eigenvalue weighted by atomic mass is 10.1. The van der Waals surface area contributed by atoms with E-state index in [4.69, 9.17) is 19.7 Å². The van der Waals surface area contributed by atoms with Gasteiger partial charge in [-0.25, -0.2) is 0 Å². The Hall–Kier alpha value is -2.08. The van der Waals surface area contributed by atoms with Crippen molar-refractivity contribution in [2.45, 2.75) is 13.5 Å². The Balaban J connectivity index is 2.52. The number of aryl methyl sites for hydroxylation is 1. The summed E-state index contributed by atoms with van der Waals surface area (Å²) >= 11 is 0. The van der Waals surface area contributed by atoms with Gasteiger partial charge in [0.25, 0.3) is 0 Å². The molecule has 18 heavy (non-hydrogen) atoms. The first kappa shape index (κ1) is 12.4. The minimum atomic E-state index is 0.213. The summed E-state index contributed by atoms with van der Waals surface area (Å²) in [5.74, 6) is 2.22. The molecular weight excluding hydrogens is 234 g/mol. The molecule has 0 amide bonds. The van der Waals surface area contributed by atoms with E-state index in [0.717, 1.165) is 16.9 Å². The highest BCUT2D eigenvalue weighted by Crippen LogP contribution is 2.34. The summed E-state index contributed by atoms with van der Waals surface area (Å²) in [6, 6.07) is 3.69. The quantitative estimate of drug-likeness (QED) is 0.884. The minimum Gasteiger partial charge on any atom is -0.496 e. The van der Waals surface area contributed by atoms with Gasteiger partial charge >= 0.3 is 0 Å². The lowest BCUT2D eigenvalue weighted by Gasteiger charge is -2.10. The van der Waals surface area contributed by atoms with Crippen molar-refractivity contribution in [3.05, 3.63) is 23.6 Å². The molecular formula is C12H15N3O3. The summed E-state index contributed by atoms with van der Waals surface area (Å²) in [6.45, 7) is 2.15. The number of rotatable bonds is 4. The van der Waals surface area contributed by atoms with Crippen molar-refractivity contribution in [1.29, 1.82) is 0 Å². The van der Waals surface area contributed by atoms with Crippen LogP contribution < -0.4 is 15.2 Å². The smallest absolute Gasteiger partial charge is 0.240 e. The molecule has 0 atom stereocenters. The number of hydrogen-bond acceptors (Lipinski definition) is 6. The molecule has 0 bridgehead atoms. The highest BCUT2D eigenvalue weighted by atomic mass is 16.5. The number of nitrogens with zero attached hydrogens (tertiary/aromatic N) is 2. The summed E-state index contributed by atoms with van der Waals surface area (Å²) in [5.41, 5.74) is 7.15. The zero-order chi connectivity index (χ0) is 13.1. The molecule has 0 aliphatic heterocycles. The van der Waals surface area contributed by atoms with Gasteiger partial charge in [-0.3, -0.25) is 0 Å². The van der Waals surface area contributed by atoms with E-state index in [-0.39, 0.29) is 6.54 Å². The highest BCUT2D eigenvalue weighted by molar-refractivity contribution is 5.67. The molecule has 6 heteroatoms. The fourth-order valence-electron chi connectivity index (χ4n) is 1.68. The van der Waals surface area contributed by atoms with Gasteiger partial charge in [0.05, 0.1) is 26.3 Å². The molecule has 0 radical (unpaired) electrons. The fourth-order valence-corrected chi connectivity index (χ4v) is 1.68. The molecule has 0 saturated heterocycles. The normalized spacial score (nSPS) is 10.4. The Kier molecular flexibility index (Phi) is 3.47. The van der Waals surface area contributed by atoms with Crippen molar-refractivity contribution in [1.82, 2.24) is 10.1 Å². The minimum absolute atomic E-state index is 0.213. The summed E-state index contributed by atoms with van der Waals surface area (Å²) in [4.78, 5) is 4.18. The van der Waals surface area contributed by atoms with Crippen molar-refractivity contribution >= 4 is 0 Å². The fraction of sp³-hybridized carbons (Fsp3) is 0.333. The van der Waals surface area contributed by atoms with E-state index >= 15 is 0 Å². The van der Waals surface area contributed by atoms with Crippen LogP contribution in [0.3, 0.4) is 0 Å². The third kappa shape index (κ3) is 2.14. The maximum atomic E-state index is 5.44. The van der Waals surface area contributed by atoms with Crippen LogP contribution in [-0.4, -0.2) is 24.4 Å². The van der Waals surface area contributed by atoms with E-state index in [1.165, 1.54) is 0 Å². The molecule has 0 aliphatic rings. The number of methoxy groups -OCH3 is 2. The average molecular weight is 249 g/mol. The van der Waals surface area contributed by atoms with Crippen molar-refractivity contribution in [2.75, 3.05) is 14.2 Å². The first-order valence-corrected chi connectivity index (χ1v) is 5.45. The largest absolute Gasteiger partial charge is 0.496 e. The van der Waals surface area contributed by atoms with Crippen molar-refractivity contribution in [2.24, 2.45) is 5.73 Å². The summed E-state index contributed by atoms with van der Waals surface area (Å²) in [6.07, 6.45) is 0. The summed E-state index contributed by atoms with van der Waals surface area (Å²) < 4.78 is 15.5. The molecule has 0 spiro atoms. The average Bonchev–Trinajstić information content (AvgIpc) is 2.87. The van der Waals surface area contributed by atoms with E-state index < -0.39 is 0 Å². The van der Waals surface area contributed by atoms with E-state index in [0.29, 0.717) is 17.5 Å². The lowest BCUT2D eigenvalue weighted by molar-refractivity contribution is 0.379. The first-order valence-electron chi connectivity index (χ1n) is 5.45. The monoisotopic (exact) mass is 249 g/mol. The van der Waals surface area contributed by atoms with Crippen LogP contribution in [0.15, 0.2) is 16.7 Å². The van der Waals surface area contributed by atoms with Crippen molar-refractivity contribution in [3.63, 3.8) is 0 Å². The maximum Gasteiger partial charge on any atom is 0.240 e. The second kappa shape index (κ2) is 5.05. The first-order chi connectivity index (χ1) is 8.69. The van der Waals surface area contributed by atoms with Crippen LogP contribution in [0.2, 0.25) is 0 Å². The predicted molar refractivity (Wildman–Crippen MR) is 65.5 cm³/mol. The molecule has 0 saturated carbocycles. The number of aromatic nitrogens is 2. The summed E-state index contributed by atoms with van der Waals surface area (Å²) in [5, 5.41) is 3.88. The SMILES string of the molecule is COc1cc(OC)c(-c2noc(CN)n2)cc1C. The standard InChI is InChI=1S/C12H15N3O3/c1-7-4-8(10(17-3)5-9(7)16-2)12-14-11(6-13)18-15-12/h4-5H,6,13H2,1-3H3. The van der Waals surface area contributed by atoms with Crippen LogP contribution in [0.1, 0.15) is 11.5 Å². The van der Waals surface area contributed by atoms with Crippen molar-refractivity contribution < 1.29 is 14.0 Å². The van der Waals surface area contributed by atoms with Gasteiger partial charge in [0, 0.05) is 6.07 Å². The van der Waals surface area contributed by atoms with Gasteiger partial charge in [-0.15, -0.1) is 0 Å². The van der Waals surface area contributed by atoms with E-state index in [9.17, 15) is 0 Å². The third-order valence-electron chi connectivity index (χ3n) is 2.60. The number of hydrogen-bond donors (Lipinski definition) is 1. The second-order valence-electron chi connectivity index (χ2n) is 3.74. The number of benzene rings is 1. The molecule has 6 nitrogen and oxygen atoms in total. The molecule has 1 heterocycles. The second-order valence-corrected chi connectivity index (χ2v) is 3.74. The van der Waals surface area contributed by atoms with E-state index in [1.54, 1.807) is 20.3 Å². The van der Waals surface area contributed by atoms with Crippen LogP contribution in [0.5, 0.6) is 11.5 Å².